The lowest BCUT2D eigenvalue weighted by atomic mass is 10.0. The molecule has 1 aliphatic heterocycles. The second-order valence-electron chi connectivity index (χ2n) is 4.79. The van der Waals surface area contributed by atoms with Gasteiger partial charge < -0.3 is 10.1 Å². The van der Waals surface area contributed by atoms with Crippen molar-refractivity contribution in [2.45, 2.75) is 37.8 Å². The molecular formula is C13H15BrClNO. The zero-order valence-electron chi connectivity index (χ0n) is 9.51. The summed E-state index contributed by atoms with van der Waals surface area (Å²) in [4.78, 5) is 0. The minimum absolute atomic E-state index is 0.384. The largest absolute Gasteiger partial charge is 0.492 e. The highest BCUT2D eigenvalue weighted by molar-refractivity contribution is 9.10. The molecule has 0 saturated heterocycles. The third kappa shape index (κ3) is 2.61. The molecule has 1 aliphatic carbocycles. The van der Waals surface area contributed by atoms with E-state index < -0.39 is 0 Å². The molecule has 0 radical (unpaired) electrons. The first-order valence-corrected chi connectivity index (χ1v) is 7.29. The van der Waals surface area contributed by atoms with Gasteiger partial charge in [-0.05, 0) is 53.7 Å². The standard InChI is InChI=1S/C13H15BrClNO/c14-11-7-8(15)6-10-12(16-9-3-4-9)2-1-5-17-13(10)11/h6-7,9,12,16H,1-5H2. The topological polar surface area (TPSA) is 21.3 Å². The summed E-state index contributed by atoms with van der Waals surface area (Å²) < 4.78 is 6.78. The molecule has 17 heavy (non-hydrogen) atoms. The van der Waals surface area contributed by atoms with Crippen LogP contribution in [-0.2, 0) is 0 Å². The molecule has 1 N–H and O–H groups in total. The van der Waals surface area contributed by atoms with Crippen LogP contribution in [0.25, 0.3) is 0 Å². The van der Waals surface area contributed by atoms with Crippen molar-refractivity contribution < 1.29 is 4.74 Å². The molecule has 1 heterocycles. The van der Waals surface area contributed by atoms with E-state index in [4.69, 9.17) is 16.3 Å². The number of ether oxygens (including phenoxy) is 1. The van der Waals surface area contributed by atoms with Crippen LogP contribution in [-0.4, -0.2) is 12.6 Å². The Kier molecular flexibility index (Phi) is 3.33. The lowest BCUT2D eigenvalue weighted by Crippen LogP contribution is -2.23. The number of hydrogen-bond donors (Lipinski definition) is 1. The van der Waals surface area contributed by atoms with Crippen LogP contribution in [0.15, 0.2) is 16.6 Å². The minimum atomic E-state index is 0.384. The summed E-state index contributed by atoms with van der Waals surface area (Å²) in [6.45, 7) is 0.788. The van der Waals surface area contributed by atoms with Gasteiger partial charge in [-0.2, -0.15) is 0 Å². The summed E-state index contributed by atoms with van der Waals surface area (Å²) >= 11 is 9.68. The van der Waals surface area contributed by atoms with E-state index >= 15 is 0 Å². The van der Waals surface area contributed by atoms with Crippen molar-refractivity contribution in [3.63, 3.8) is 0 Å². The van der Waals surface area contributed by atoms with Gasteiger partial charge in [0.25, 0.3) is 0 Å². The molecule has 2 aliphatic rings. The van der Waals surface area contributed by atoms with Crippen molar-refractivity contribution in [1.82, 2.24) is 5.32 Å². The molecule has 1 aromatic carbocycles. The predicted molar refractivity (Wildman–Crippen MR) is 72.8 cm³/mol. The number of nitrogens with one attached hydrogen (secondary N) is 1. The predicted octanol–water partition coefficient (Wildman–Crippen LogP) is 4.07. The SMILES string of the molecule is Clc1cc(Br)c2c(c1)C(NC1CC1)CCCO2. The first-order chi connectivity index (χ1) is 8.24. The third-order valence-electron chi connectivity index (χ3n) is 3.31. The Bertz CT molecular complexity index is 434. The Balaban J connectivity index is 1.97. The molecule has 1 saturated carbocycles. The smallest absolute Gasteiger partial charge is 0.138 e. The second-order valence-corrected chi connectivity index (χ2v) is 6.08. The first kappa shape index (κ1) is 11.8. The van der Waals surface area contributed by atoms with Crippen LogP contribution in [0.4, 0.5) is 0 Å². The van der Waals surface area contributed by atoms with Gasteiger partial charge in [0.15, 0.2) is 0 Å². The van der Waals surface area contributed by atoms with Crippen molar-refractivity contribution in [2.75, 3.05) is 6.61 Å². The monoisotopic (exact) mass is 315 g/mol. The summed E-state index contributed by atoms with van der Waals surface area (Å²) in [6.07, 6.45) is 4.81. The molecule has 1 fully saturated rings. The van der Waals surface area contributed by atoms with Crippen LogP contribution in [0.2, 0.25) is 5.02 Å². The van der Waals surface area contributed by atoms with Gasteiger partial charge in [0, 0.05) is 22.7 Å². The van der Waals surface area contributed by atoms with Crippen LogP contribution in [0.1, 0.15) is 37.3 Å². The average molecular weight is 317 g/mol. The zero-order chi connectivity index (χ0) is 11.8. The molecule has 2 nitrogen and oxygen atoms in total. The molecule has 3 rings (SSSR count). The average Bonchev–Trinajstić information content (AvgIpc) is 3.08. The number of hydrogen-bond acceptors (Lipinski definition) is 2. The van der Waals surface area contributed by atoms with Gasteiger partial charge in [-0.15, -0.1) is 0 Å². The molecule has 0 aromatic heterocycles. The van der Waals surface area contributed by atoms with Crippen LogP contribution >= 0.6 is 27.5 Å². The highest BCUT2D eigenvalue weighted by atomic mass is 79.9. The van der Waals surface area contributed by atoms with Gasteiger partial charge in [-0.1, -0.05) is 11.6 Å². The van der Waals surface area contributed by atoms with Gasteiger partial charge in [0.2, 0.25) is 0 Å². The lowest BCUT2D eigenvalue weighted by molar-refractivity contribution is 0.313. The summed E-state index contributed by atoms with van der Waals surface area (Å²) in [6, 6.07) is 5.02. The van der Waals surface area contributed by atoms with Gasteiger partial charge in [0.05, 0.1) is 11.1 Å². The number of fused-ring (bicyclic) bond motifs is 1. The summed E-state index contributed by atoms with van der Waals surface area (Å²) in [5, 5.41) is 4.45. The molecule has 1 aromatic rings. The fraction of sp³-hybridized carbons (Fsp3) is 0.538. The number of halogens is 2. The maximum absolute atomic E-state index is 6.14. The van der Waals surface area contributed by atoms with Crippen molar-refractivity contribution >= 4 is 27.5 Å². The van der Waals surface area contributed by atoms with Crippen molar-refractivity contribution in [1.29, 1.82) is 0 Å². The Morgan fingerprint density at radius 2 is 2.12 bits per heavy atom. The molecule has 92 valence electrons. The van der Waals surface area contributed by atoms with Crippen molar-refractivity contribution in [3.05, 3.63) is 27.2 Å². The number of rotatable bonds is 2. The third-order valence-corrected chi connectivity index (χ3v) is 4.12. The summed E-state index contributed by atoms with van der Waals surface area (Å²) in [7, 11) is 0. The second kappa shape index (κ2) is 4.79. The fourth-order valence-electron chi connectivity index (χ4n) is 2.32. The Hall–Kier alpha value is -0.250. The van der Waals surface area contributed by atoms with Crippen LogP contribution in [0.5, 0.6) is 5.75 Å². The normalized spacial score (nSPS) is 23.8. The van der Waals surface area contributed by atoms with Crippen LogP contribution < -0.4 is 10.1 Å². The van der Waals surface area contributed by atoms with E-state index in [2.05, 4.69) is 21.2 Å². The van der Waals surface area contributed by atoms with Crippen molar-refractivity contribution in [2.24, 2.45) is 0 Å². The number of benzene rings is 1. The van der Waals surface area contributed by atoms with Gasteiger partial charge in [-0.25, -0.2) is 0 Å². The van der Waals surface area contributed by atoms with E-state index in [0.717, 1.165) is 34.7 Å². The van der Waals surface area contributed by atoms with Crippen molar-refractivity contribution in [3.8, 4) is 5.75 Å². The highest BCUT2D eigenvalue weighted by Crippen LogP contribution is 2.40. The van der Waals surface area contributed by atoms with E-state index in [1.807, 2.05) is 12.1 Å². The lowest BCUT2D eigenvalue weighted by Gasteiger charge is -2.19. The Labute approximate surface area is 115 Å². The summed E-state index contributed by atoms with van der Waals surface area (Å²) in [5.74, 6) is 0.963. The van der Waals surface area contributed by atoms with E-state index in [0.29, 0.717) is 12.1 Å². The molecule has 4 heteroatoms. The molecular weight excluding hydrogens is 302 g/mol. The maximum atomic E-state index is 6.14. The van der Waals surface area contributed by atoms with E-state index in [9.17, 15) is 0 Å². The zero-order valence-corrected chi connectivity index (χ0v) is 11.9. The molecule has 1 atom stereocenters. The van der Waals surface area contributed by atoms with E-state index in [1.165, 1.54) is 18.4 Å². The summed E-state index contributed by atoms with van der Waals surface area (Å²) in [5.41, 5.74) is 1.20. The van der Waals surface area contributed by atoms with E-state index in [-0.39, 0.29) is 0 Å². The van der Waals surface area contributed by atoms with Gasteiger partial charge in [0.1, 0.15) is 5.75 Å². The molecule has 0 amide bonds. The van der Waals surface area contributed by atoms with Gasteiger partial charge >= 0.3 is 0 Å². The Morgan fingerprint density at radius 1 is 1.29 bits per heavy atom. The molecule has 1 unspecified atom stereocenters. The maximum Gasteiger partial charge on any atom is 0.138 e. The minimum Gasteiger partial charge on any atom is -0.492 e. The highest BCUT2D eigenvalue weighted by Gasteiger charge is 2.28. The van der Waals surface area contributed by atoms with E-state index in [1.54, 1.807) is 0 Å². The van der Waals surface area contributed by atoms with Gasteiger partial charge in [-0.3, -0.25) is 0 Å². The first-order valence-electron chi connectivity index (χ1n) is 6.12. The quantitative estimate of drug-likeness (QED) is 0.888. The molecule has 0 bridgehead atoms. The molecule has 0 spiro atoms. The Morgan fingerprint density at radius 3 is 2.88 bits per heavy atom. The van der Waals surface area contributed by atoms with Crippen LogP contribution in [0.3, 0.4) is 0 Å². The van der Waals surface area contributed by atoms with Crippen LogP contribution in [0, 0.1) is 0 Å². The fourth-order valence-corrected chi connectivity index (χ4v) is 3.26.